The van der Waals surface area contributed by atoms with E-state index >= 15 is 0 Å². The van der Waals surface area contributed by atoms with Crippen LogP contribution >= 0.6 is 15.9 Å². The van der Waals surface area contributed by atoms with Crippen molar-refractivity contribution in [3.63, 3.8) is 0 Å². The molecule has 118 valence electrons. The predicted octanol–water partition coefficient (Wildman–Crippen LogP) is 4.08. The highest BCUT2D eigenvalue weighted by Gasteiger charge is 2.29. The van der Waals surface area contributed by atoms with E-state index in [9.17, 15) is 0 Å². The molecule has 0 bridgehead atoms. The molecule has 1 saturated carbocycles. The van der Waals surface area contributed by atoms with E-state index < -0.39 is 0 Å². The molecular weight excluding hydrogens is 354 g/mol. The maximum atomic E-state index is 4.48. The zero-order valence-corrected chi connectivity index (χ0v) is 14.5. The molecule has 0 saturated heterocycles. The van der Waals surface area contributed by atoms with Gasteiger partial charge in [0.05, 0.1) is 11.4 Å². The first-order chi connectivity index (χ1) is 11.2. The third-order valence-electron chi connectivity index (χ3n) is 4.65. The van der Waals surface area contributed by atoms with E-state index in [0.717, 1.165) is 21.5 Å². The first kappa shape index (κ1) is 14.6. The Morgan fingerprint density at radius 2 is 2.00 bits per heavy atom. The molecule has 0 radical (unpaired) electrons. The second-order valence-corrected chi connectivity index (χ2v) is 6.81. The maximum Gasteiger partial charge on any atom is 0.164 e. The van der Waals surface area contributed by atoms with Crippen LogP contribution < -0.4 is 5.32 Å². The lowest BCUT2D eigenvalue weighted by Crippen LogP contribution is -2.26. The predicted molar refractivity (Wildman–Crippen MR) is 94.2 cm³/mol. The molecule has 2 heterocycles. The Kier molecular flexibility index (Phi) is 3.77. The minimum absolute atomic E-state index is 0.273. The number of nitrogens with zero attached hydrogens (tertiary/aromatic N) is 4. The first-order valence-corrected chi connectivity index (χ1v) is 8.68. The molecule has 0 amide bonds. The van der Waals surface area contributed by atoms with Crippen molar-refractivity contribution < 1.29 is 0 Å². The number of aromatic nitrogens is 4. The number of hydrogen-bond donors (Lipinski definition) is 1. The summed E-state index contributed by atoms with van der Waals surface area (Å²) in [6.07, 6.45) is 5.43. The normalized spacial score (nSPS) is 16.3. The van der Waals surface area contributed by atoms with Crippen LogP contribution in [0, 0.1) is 5.92 Å². The van der Waals surface area contributed by atoms with Crippen LogP contribution in [-0.2, 0) is 7.05 Å². The van der Waals surface area contributed by atoms with Gasteiger partial charge in [-0.3, -0.25) is 0 Å². The average molecular weight is 372 g/mol. The molecule has 0 spiro atoms. The average Bonchev–Trinajstić information content (AvgIpc) is 2.81. The van der Waals surface area contributed by atoms with E-state index in [4.69, 9.17) is 0 Å². The van der Waals surface area contributed by atoms with Gasteiger partial charge in [-0.25, -0.2) is 14.6 Å². The summed E-state index contributed by atoms with van der Waals surface area (Å²) in [6, 6.07) is 10.9. The van der Waals surface area contributed by atoms with Gasteiger partial charge in [0.15, 0.2) is 5.65 Å². The zero-order valence-electron chi connectivity index (χ0n) is 12.9. The Morgan fingerprint density at radius 1 is 1.22 bits per heavy atom. The first-order valence-electron chi connectivity index (χ1n) is 7.88. The van der Waals surface area contributed by atoms with E-state index in [1.807, 2.05) is 7.05 Å². The molecule has 6 heteroatoms. The number of fused-ring (bicyclic) bond motifs is 1. The number of aryl methyl sites for hydroxylation is 1. The summed E-state index contributed by atoms with van der Waals surface area (Å²) in [5, 5.41) is 9.00. The summed E-state index contributed by atoms with van der Waals surface area (Å²) in [5.74, 6) is 1.49. The van der Waals surface area contributed by atoms with Gasteiger partial charge in [-0.1, -0.05) is 36.8 Å². The maximum absolute atomic E-state index is 4.48. The molecule has 23 heavy (non-hydrogen) atoms. The SMILES string of the molecule is Cn1nc(Br)c2c(NC(c3ccccc3)C3CCC3)ncnc21. The Hall–Kier alpha value is -1.95. The lowest BCUT2D eigenvalue weighted by Gasteiger charge is -2.35. The standard InChI is InChI=1S/C17H18BrN5/c1-23-17-13(15(18)22-23)16(19-10-20-17)21-14(12-8-5-9-12)11-6-3-2-4-7-11/h2-4,6-7,10,12,14H,5,8-9H2,1H3,(H,19,20,21). The van der Waals surface area contributed by atoms with Gasteiger partial charge in [0.1, 0.15) is 16.7 Å². The summed E-state index contributed by atoms with van der Waals surface area (Å²) in [4.78, 5) is 8.82. The quantitative estimate of drug-likeness (QED) is 0.750. The van der Waals surface area contributed by atoms with Crippen molar-refractivity contribution in [3.05, 3.63) is 46.8 Å². The Balaban J connectivity index is 1.75. The van der Waals surface area contributed by atoms with Gasteiger partial charge >= 0.3 is 0 Å². The van der Waals surface area contributed by atoms with E-state index in [0.29, 0.717) is 5.92 Å². The Labute approximate surface area is 143 Å². The van der Waals surface area contributed by atoms with Crippen LogP contribution in [0.5, 0.6) is 0 Å². The minimum Gasteiger partial charge on any atom is -0.362 e. The molecule has 4 rings (SSSR count). The molecule has 1 aromatic carbocycles. The summed E-state index contributed by atoms with van der Waals surface area (Å²) < 4.78 is 2.55. The van der Waals surface area contributed by atoms with Crippen LogP contribution in [0.2, 0.25) is 0 Å². The fourth-order valence-corrected chi connectivity index (χ4v) is 3.81. The third kappa shape index (κ3) is 2.61. The van der Waals surface area contributed by atoms with Crippen LogP contribution in [0.15, 0.2) is 41.3 Å². The van der Waals surface area contributed by atoms with Gasteiger partial charge in [0.25, 0.3) is 0 Å². The summed E-state index contributed by atoms with van der Waals surface area (Å²) in [5.41, 5.74) is 2.14. The molecule has 2 aromatic heterocycles. The summed E-state index contributed by atoms with van der Waals surface area (Å²) in [7, 11) is 1.89. The van der Waals surface area contributed by atoms with Gasteiger partial charge in [0, 0.05) is 7.05 Å². The fourth-order valence-electron chi connectivity index (χ4n) is 3.20. The number of anilines is 1. The molecule has 1 aliphatic rings. The highest BCUT2D eigenvalue weighted by molar-refractivity contribution is 9.10. The van der Waals surface area contributed by atoms with E-state index in [-0.39, 0.29) is 6.04 Å². The molecule has 1 fully saturated rings. The molecule has 5 nitrogen and oxygen atoms in total. The largest absolute Gasteiger partial charge is 0.362 e. The van der Waals surface area contributed by atoms with Crippen molar-refractivity contribution in [3.8, 4) is 0 Å². The van der Waals surface area contributed by atoms with Crippen LogP contribution in [0.25, 0.3) is 11.0 Å². The summed E-state index contributed by atoms with van der Waals surface area (Å²) in [6.45, 7) is 0. The monoisotopic (exact) mass is 371 g/mol. The second-order valence-electron chi connectivity index (χ2n) is 6.06. The molecule has 3 aromatic rings. The molecule has 1 N–H and O–H groups in total. The number of benzene rings is 1. The highest BCUT2D eigenvalue weighted by Crippen LogP contribution is 2.40. The van der Waals surface area contributed by atoms with E-state index in [1.54, 1.807) is 11.0 Å². The molecule has 1 aliphatic carbocycles. The van der Waals surface area contributed by atoms with Gasteiger partial charge in [0.2, 0.25) is 0 Å². The van der Waals surface area contributed by atoms with Crippen molar-refractivity contribution in [2.75, 3.05) is 5.32 Å². The Morgan fingerprint density at radius 3 is 2.70 bits per heavy atom. The van der Waals surface area contributed by atoms with Crippen molar-refractivity contribution in [2.24, 2.45) is 13.0 Å². The van der Waals surface area contributed by atoms with Gasteiger partial charge < -0.3 is 5.32 Å². The molecule has 1 unspecified atom stereocenters. The minimum atomic E-state index is 0.273. The van der Waals surface area contributed by atoms with Crippen molar-refractivity contribution >= 4 is 32.8 Å². The van der Waals surface area contributed by atoms with Gasteiger partial charge in [-0.15, -0.1) is 0 Å². The lowest BCUT2D eigenvalue weighted by atomic mass is 9.77. The topological polar surface area (TPSA) is 55.6 Å². The van der Waals surface area contributed by atoms with Crippen molar-refractivity contribution in [1.29, 1.82) is 0 Å². The van der Waals surface area contributed by atoms with E-state index in [1.165, 1.54) is 24.8 Å². The van der Waals surface area contributed by atoms with Gasteiger partial charge in [-0.05, 0) is 40.3 Å². The molecular formula is C17H18BrN5. The fraction of sp³-hybridized carbons (Fsp3) is 0.353. The van der Waals surface area contributed by atoms with E-state index in [2.05, 4.69) is 66.6 Å². The highest BCUT2D eigenvalue weighted by atomic mass is 79.9. The number of rotatable bonds is 4. The number of nitrogens with one attached hydrogen (secondary N) is 1. The second kappa shape index (κ2) is 5.92. The smallest absolute Gasteiger partial charge is 0.164 e. The zero-order chi connectivity index (χ0) is 15.8. The van der Waals surface area contributed by atoms with Crippen LogP contribution in [0.3, 0.4) is 0 Å². The molecule has 1 atom stereocenters. The lowest BCUT2D eigenvalue weighted by molar-refractivity contribution is 0.277. The summed E-state index contributed by atoms with van der Waals surface area (Å²) >= 11 is 3.53. The Bertz CT molecular complexity index is 826. The van der Waals surface area contributed by atoms with Crippen molar-refractivity contribution in [1.82, 2.24) is 19.7 Å². The van der Waals surface area contributed by atoms with Gasteiger partial charge in [-0.2, -0.15) is 5.10 Å². The molecule has 0 aliphatic heterocycles. The van der Waals surface area contributed by atoms with Crippen molar-refractivity contribution in [2.45, 2.75) is 25.3 Å². The number of hydrogen-bond acceptors (Lipinski definition) is 4. The van der Waals surface area contributed by atoms with Crippen LogP contribution in [0.1, 0.15) is 30.9 Å². The van der Waals surface area contributed by atoms with Crippen LogP contribution in [0.4, 0.5) is 5.82 Å². The van der Waals surface area contributed by atoms with Crippen LogP contribution in [-0.4, -0.2) is 19.7 Å². The third-order valence-corrected chi connectivity index (χ3v) is 5.21. The number of halogens is 1.